The minimum absolute atomic E-state index is 0.526. The first-order valence-electron chi connectivity index (χ1n) is 7.67. The first-order chi connectivity index (χ1) is 8.05. The zero-order valence-corrected chi connectivity index (χ0v) is 14.1. The molecule has 2 aliphatic carbocycles. The van der Waals surface area contributed by atoms with E-state index in [0.29, 0.717) is 26.6 Å². The molecular weight excluding hydrogens is 319 g/mol. The molecule has 100 valence electrons. The zero-order valence-electron chi connectivity index (χ0n) is 12.0. The van der Waals surface area contributed by atoms with E-state index < -0.39 is 0 Å². The summed E-state index contributed by atoms with van der Waals surface area (Å²) in [7, 11) is 0. The van der Waals surface area contributed by atoms with Crippen LogP contribution in [0.4, 0.5) is 0 Å². The zero-order chi connectivity index (χ0) is 12.3. The van der Waals surface area contributed by atoms with Gasteiger partial charge in [0.25, 0.3) is 21.2 Å². The van der Waals surface area contributed by atoms with E-state index in [4.69, 9.17) is 0 Å². The molecule has 0 spiro atoms. The predicted molar refractivity (Wildman–Crippen MR) is 72.1 cm³/mol. The van der Waals surface area contributed by atoms with Crippen molar-refractivity contribution >= 4 is 0 Å². The van der Waals surface area contributed by atoms with Crippen LogP contribution < -0.4 is 21.2 Å². The molecule has 0 aromatic rings. The average Bonchev–Trinajstić information content (AvgIpc) is 2.30. The third-order valence-electron chi connectivity index (χ3n) is 4.77. The molecule has 0 saturated heterocycles. The van der Waals surface area contributed by atoms with E-state index in [0.717, 1.165) is 5.92 Å². The van der Waals surface area contributed by atoms with Crippen molar-refractivity contribution in [3.05, 3.63) is 0 Å². The molecule has 0 bridgehead atoms. The van der Waals surface area contributed by atoms with Gasteiger partial charge in [0, 0.05) is 0 Å². The normalized spacial score (nSPS) is 32.6. The van der Waals surface area contributed by atoms with Crippen molar-refractivity contribution in [3.63, 3.8) is 0 Å². The van der Waals surface area contributed by atoms with Crippen molar-refractivity contribution in [3.8, 4) is 0 Å². The first-order valence-corrected chi connectivity index (χ1v) is 10.2. The summed E-state index contributed by atoms with van der Waals surface area (Å²) in [5.41, 5.74) is 0.564. The Morgan fingerprint density at radius 3 is 1.76 bits per heavy atom. The Bertz CT molecular complexity index is 214. The molecular formula is C16H30I+. The average molecular weight is 349 g/mol. The maximum atomic E-state index is 2.44. The lowest BCUT2D eigenvalue weighted by atomic mass is 9.72. The number of halogens is 1. The summed E-state index contributed by atoms with van der Waals surface area (Å²) in [4.78, 5) is 0. The largest absolute Gasteiger partial charge is 0.275 e. The molecule has 0 aromatic heterocycles. The maximum Gasteiger partial charge on any atom is 0.275 e. The molecule has 2 saturated carbocycles. The van der Waals surface area contributed by atoms with E-state index in [9.17, 15) is 0 Å². The number of alkyl halides is 2. The van der Waals surface area contributed by atoms with Crippen LogP contribution >= 0.6 is 0 Å². The monoisotopic (exact) mass is 349 g/mol. The van der Waals surface area contributed by atoms with Gasteiger partial charge in [-0.25, -0.2) is 0 Å². The molecule has 0 N–H and O–H groups in total. The smallest absolute Gasteiger partial charge is 0.0599 e. The fourth-order valence-electron chi connectivity index (χ4n) is 3.48. The Morgan fingerprint density at radius 1 is 0.706 bits per heavy atom. The van der Waals surface area contributed by atoms with E-state index in [2.05, 4.69) is 20.8 Å². The molecule has 2 fully saturated rings. The van der Waals surface area contributed by atoms with Crippen LogP contribution in [-0.2, 0) is 0 Å². The van der Waals surface area contributed by atoms with Gasteiger partial charge < -0.3 is 0 Å². The Morgan fingerprint density at radius 2 is 1.24 bits per heavy atom. The molecule has 0 aromatic carbocycles. The van der Waals surface area contributed by atoms with E-state index in [-0.39, 0.29) is 0 Å². The van der Waals surface area contributed by atoms with Crippen LogP contribution in [-0.4, -0.2) is 7.85 Å². The van der Waals surface area contributed by atoms with E-state index in [1.807, 2.05) is 0 Å². The van der Waals surface area contributed by atoms with Crippen molar-refractivity contribution in [1.82, 2.24) is 0 Å². The Hall–Kier alpha value is 0.730. The lowest BCUT2D eigenvalue weighted by Gasteiger charge is -2.34. The second kappa shape index (κ2) is 6.25. The molecule has 0 atom stereocenters. The molecule has 0 radical (unpaired) electrons. The highest BCUT2D eigenvalue weighted by molar-refractivity contribution is 4.80. The quantitative estimate of drug-likeness (QED) is 0.529. The third-order valence-corrected chi connectivity index (χ3v) is 9.30. The van der Waals surface area contributed by atoms with Crippen molar-refractivity contribution in [2.45, 2.75) is 86.4 Å². The standard InChI is InChI=1S/C16H30I/c1-16(2,3)13-9-11-15(12-10-13)17-14-7-5-4-6-8-14/h13-15H,4-12H2,1-3H3/q+1. The van der Waals surface area contributed by atoms with Crippen molar-refractivity contribution in [2.24, 2.45) is 11.3 Å². The van der Waals surface area contributed by atoms with Crippen LogP contribution in [0.25, 0.3) is 0 Å². The summed E-state index contributed by atoms with van der Waals surface area (Å²) in [6, 6.07) is 0. The van der Waals surface area contributed by atoms with Gasteiger partial charge in [-0.05, 0) is 62.7 Å². The van der Waals surface area contributed by atoms with E-state index in [1.165, 1.54) is 27.1 Å². The molecule has 0 nitrogen and oxygen atoms in total. The Kier molecular flexibility index (Phi) is 5.20. The van der Waals surface area contributed by atoms with Crippen molar-refractivity contribution in [2.75, 3.05) is 0 Å². The molecule has 17 heavy (non-hydrogen) atoms. The van der Waals surface area contributed by atoms with Crippen LogP contribution in [0.15, 0.2) is 0 Å². The van der Waals surface area contributed by atoms with E-state index >= 15 is 0 Å². The molecule has 0 amide bonds. The van der Waals surface area contributed by atoms with Crippen LogP contribution in [0.5, 0.6) is 0 Å². The molecule has 0 heterocycles. The van der Waals surface area contributed by atoms with Crippen molar-refractivity contribution < 1.29 is 21.2 Å². The van der Waals surface area contributed by atoms with Crippen LogP contribution in [0.3, 0.4) is 0 Å². The summed E-state index contributed by atoms with van der Waals surface area (Å²) >= 11 is 0.526. The number of rotatable bonds is 2. The summed E-state index contributed by atoms with van der Waals surface area (Å²) in [6.45, 7) is 7.32. The van der Waals surface area contributed by atoms with Gasteiger partial charge in [-0.1, -0.05) is 27.2 Å². The van der Waals surface area contributed by atoms with Gasteiger partial charge in [0.2, 0.25) is 0 Å². The van der Waals surface area contributed by atoms with Gasteiger partial charge in [-0.3, -0.25) is 0 Å². The van der Waals surface area contributed by atoms with Crippen LogP contribution in [0.1, 0.15) is 78.6 Å². The SMILES string of the molecule is CC(C)(C)C1CCC([I+]C2CCCCC2)CC1. The lowest BCUT2D eigenvalue weighted by Crippen LogP contribution is -3.68. The molecule has 0 aliphatic heterocycles. The Balaban J connectivity index is 1.71. The van der Waals surface area contributed by atoms with E-state index in [1.54, 1.807) is 38.5 Å². The molecule has 0 unspecified atom stereocenters. The van der Waals surface area contributed by atoms with Gasteiger partial charge in [0.05, 0.1) is 0 Å². The van der Waals surface area contributed by atoms with Gasteiger partial charge >= 0.3 is 0 Å². The number of hydrogen-bond donors (Lipinski definition) is 0. The van der Waals surface area contributed by atoms with Crippen LogP contribution in [0.2, 0.25) is 0 Å². The van der Waals surface area contributed by atoms with Gasteiger partial charge in [0.1, 0.15) is 0 Å². The highest BCUT2D eigenvalue weighted by Crippen LogP contribution is 2.36. The summed E-state index contributed by atoms with van der Waals surface area (Å²) in [6.07, 6.45) is 14.0. The summed E-state index contributed by atoms with van der Waals surface area (Å²) < 4.78 is 2.40. The first kappa shape index (κ1) is 14.1. The van der Waals surface area contributed by atoms with Gasteiger partial charge in [-0.15, -0.1) is 0 Å². The second-order valence-corrected chi connectivity index (χ2v) is 11.4. The van der Waals surface area contributed by atoms with Gasteiger partial charge in [0.15, 0.2) is 7.85 Å². The third kappa shape index (κ3) is 4.40. The molecule has 2 aliphatic rings. The summed E-state index contributed by atoms with van der Waals surface area (Å²) in [5, 5.41) is 0. The summed E-state index contributed by atoms with van der Waals surface area (Å²) in [5.74, 6) is 1.01. The molecule has 1 heteroatoms. The highest BCUT2D eigenvalue weighted by Gasteiger charge is 2.38. The molecule has 2 rings (SSSR count). The van der Waals surface area contributed by atoms with Crippen molar-refractivity contribution in [1.29, 1.82) is 0 Å². The fourth-order valence-corrected chi connectivity index (χ4v) is 7.95. The highest BCUT2D eigenvalue weighted by atomic mass is 127. The van der Waals surface area contributed by atoms with Gasteiger partial charge in [-0.2, -0.15) is 0 Å². The minimum Gasteiger partial charge on any atom is -0.0599 e. The predicted octanol–water partition coefficient (Wildman–Crippen LogP) is 2.01. The fraction of sp³-hybridized carbons (Fsp3) is 1.00. The maximum absolute atomic E-state index is 2.44. The topological polar surface area (TPSA) is 0 Å². The second-order valence-electron chi connectivity index (χ2n) is 7.18. The van der Waals surface area contributed by atoms with Crippen LogP contribution in [0, 0.1) is 11.3 Å². The number of hydrogen-bond acceptors (Lipinski definition) is 0. The Labute approximate surface area is 119 Å². The minimum atomic E-state index is 0.526. The lowest BCUT2D eigenvalue weighted by molar-refractivity contribution is -0.726.